The normalized spacial score (nSPS) is 22.5. The minimum atomic E-state index is -4.42. The van der Waals surface area contributed by atoms with Crippen LogP contribution in [0.1, 0.15) is 5.56 Å². The van der Waals surface area contributed by atoms with Crippen molar-refractivity contribution < 1.29 is 27.4 Å². The van der Waals surface area contributed by atoms with Gasteiger partial charge in [0.05, 0.1) is 31.9 Å². The first-order chi connectivity index (χ1) is 11.4. The Morgan fingerprint density at radius 1 is 1.21 bits per heavy atom. The molecule has 2 aliphatic heterocycles. The molecule has 0 bridgehead atoms. The first-order valence-electron chi connectivity index (χ1n) is 7.71. The third-order valence-corrected chi connectivity index (χ3v) is 4.06. The van der Waals surface area contributed by atoms with Crippen LogP contribution in [0.25, 0.3) is 0 Å². The molecule has 0 aromatic carbocycles. The van der Waals surface area contributed by atoms with Gasteiger partial charge in [0.15, 0.2) is 6.10 Å². The van der Waals surface area contributed by atoms with E-state index in [9.17, 15) is 18.0 Å². The predicted molar refractivity (Wildman–Crippen MR) is 78.6 cm³/mol. The van der Waals surface area contributed by atoms with Gasteiger partial charge in [0.2, 0.25) is 0 Å². The van der Waals surface area contributed by atoms with Gasteiger partial charge in [0.25, 0.3) is 5.91 Å². The number of alkyl halides is 3. The maximum atomic E-state index is 12.8. The van der Waals surface area contributed by atoms with E-state index in [0.717, 1.165) is 18.3 Å². The maximum absolute atomic E-state index is 12.8. The number of carbonyl (C=O) groups is 1. The zero-order chi connectivity index (χ0) is 17.2. The van der Waals surface area contributed by atoms with Crippen LogP contribution in [-0.2, 0) is 20.4 Å². The quantitative estimate of drug-likeness (QED) is 0.805. The van der Waals surface area contributed by atoms with Crippen molar-refractivity contribution >= 4 is 11.7 Å². The van der Waals surface area contributed by atoms with Crippen LogP contribution in [0.15, 0.2) is 18.3 Å². The van der Waals surface area contributed by atoms with Crippen molar-refractivity contribution in [2.24, 2.45) is 0 Å². The van der Waals surface area contributed by atoms with E-state index in [-0.39, 0.29) is 24.9 Å². The molecule has 0 aliphatic carbocycles. The second-order valence-corrected chi connectivity index (χ2v) is 5.64. The van der Waals surface area contributed by atoms with Gasteiger partial charge in [-0.15, -0.1) is 0 Å². The number of nitrogens with zero attached hydrogens (tertiary/aromatic N) is 3. The Morgan fingerprint density at radius 3 is 2.67 bits per heavy atom. The number of amides is 1. The molecule has 9 heteroatoms. The molecule has 0 spiro atoms. The summed E-state index contributed by atoms with van der Waals surface area (Å²) in [6.45, 7) is 2.81. The van der Waals surface area contributed by atoms with Crippen molar-refractivity contribution in [3.05, 3.63) is 23.9 Å². The SMILES string of the molecule is O=C(C1CN(c2cc(C(F)(F)F)ccn2)CCO1)N1CCOCC1. The van der Waals surface area contributed by atoms with Gasteiger partial charge >= 0.3 is 6.18 Å². The monoisotopic (exact) mass is 345 g/mol. The number of rotatable bonds is 2. The van der Waals surface area contributed by atoms with Gasteiger partial charge in [0.1, 0.15) is 5.82 Å². The summed E-state index contributed by atoms with van der Waals surface area (Å²) in [6, 6.07) is 1.93. The van der Waals surface area contributed by atoms with Crippen LogP contribution in [0.2, 0.25) is 0 Å². The highest BCUT2D eigenvalue weighted by molar-refractivity contribution is 5.82. The molecule has 2 saturated heterocycles. The van der Waals surface area contributed by atoms with E-state index in [0.29, 0.717) is 32.8 Å². The highest BCUT2D eigenvalue weighted by Gasteiger charge is 2.34. The third kappa shape index (κ3) is 3.78. The molecule has 0 N–H and O–H groups in total. The lowest BCUT2D eigenvalue weighted by atomic mass is 10.2. The van der Waals surface area contributed by atoms with Crippen LogP contribution < -0.4 is 4.90 Å². The van der Waals surface area contributed by atoms with Crippen molar-refractivity contribution in [3.8, 4) is 0 Å². The highest BCUT2D eigenvalue weighted by Crippen LogP contribution is 2.31. The Hall–Kier alpha value is -1.87. The molecule has 2 aliphatic rings. The smallest absolute Gasteiger partial charge is 0.378 e. The van der Waals surface area contributed by atoms with E-state index < -0.39 is 17.8 Å². The molecular formula is C15H18F3N3O3. The molecule has 1 atom stereocenters. The van der Waals surface area contributed by atoms with Crippen molar-refractivity contribution in [1.82, 2.24) is 9.88 Å². The fourth-order valence-electron chi connectivity index (χ4n) is 2.76. The summed E-state index contributed by atoms with van der Waals surface area (Å²) in [5.74, 6) is 0.0443. The Bertz CT molecular complexity index is 591. The molecule has 3 rings (SSSR count). The molecule has 3 heterocycles. The second kappa shape index (κ2) is 6.94. The minimum absolute atomic E-state index is 0.157. The fraction of sp³-hybridized carbons (Fsp3) is 0.600. The van der Waals surface area contributed by atoms with E-state index in [1.165, 1.54) is 0 Å². The molecule has 1 unspecified atom stereocenters. The Morgan fingerprint density at radius 2 is 1.96 bits per heavy atom. The minimum Gasteiger partial charge on any atom is -0.378 e. The van der Waals surface area contributed by atoms with Gasteiger partial charge in [0, 0.05) is 25.8 Å². The average molecular weight is 345 g/mol. The van der Waals surface area contributed by atoms with E-state index >= 15 is 0 Å². The number of ether oxygens (including phenoxy) is 2. The number of carbonyl (C=O) groups excluding carboxylic acids is 1. The zero-order valence-electron chi connectivity index (χ0n) is 13.0. The average Bonchev–Trinajstić information content (AvgIpc) is 2.61. The van der Waals surface area contributed by atoms with Crippen LogP contribution in [0, 0.1) is 0 Å². The van der Waals surface area contributed by atoms with Gasteiger partial charge in [-0.2, -0.15) is 13.2 Å². The predicted octanol–water partition coefficient (Wildman–Crippen LogP) is 1.16. The zero-order valence-corrected chi connectivity index (χ0v) is 13.0. The number of halogens is 3. The van der Waals surface area contributed by atoms with Gasteiger partial charge in [-0.1, -0.05) is 0 Å². The summed E-state index contributed by atoms with van der Waals surface area (Å²) >= 11 is 0. The number of pyridine rings is 1. The number of hydrogen-bond acceptors (Lipinski definition) is 5. The Kier molecular flexibility index (Phi) is 4.91. The number of hydrogen-bond donors (Lipinski definition) is 0. The summed E-state index contributed by atoms with van der Waals surface area (Å²) < 4.78 is 49.2. The number of morpholine rings is 2. The van der Waals surface area contributed by atoms with E-state index in [4.69, 9.17) is 9.47 Å². The van der Waals surface area contributed by atoms with Gasteiger partial charge in [-0.3, -0.25) is 4.79 Å². The molecule has 0 radical (unpaired) electrons. The lowest BCUT2D eigenvalue weighted by Gasteiger charge is -2.36. The molecule has 132 valence electrons. The lowest BCUT2D eigenvalue weighted by molar-refractivity contribution is -0.148. The maximum Gasteiger partial charge on any atom is 0.416 e. The first-order valence-corrected chi connectivity index (χ1v) is 7.71. The summed E-state index contributed by atoms with van der Waals surface area (Å²) in [7, 11) is 0. The molecule has 1 aromatic rings. The molecule has 1 aromatic heterocycles. The number of anilines is 1. The van der Waals surface area contributed by atoms with Crippen molar-refractivity contribution in [2.45, 2.75) is 12.3 Å². The summed E-state index contributed by atoms with van der Waals surface area (Å²) in [6.07, 6.45) is -3.99. The summed E-state index contributed by atoms with van der Waals surface area (Å²) in [5.41, 5.74) is -0.755. The molecular weight excluding hydrogens is 327 g/mol. The van der Waals surface area contributed by atoms with Crippen molar-refractivity contribution in [1.29, 1.82) is 0 Å². The van der Waals surface area contributed by atoms with Gasteiger partial charge in [-0.05, 0) is 12.1 Å². The van der Waals surface area contributed by atoms with Crippen molar-refractivity contribution in [3.63, 3.8) is 0 Å². The Balaban J connectivity index is 1.70. The van der Waals surface area contributed by atoms with E-state index in [2.05, 4.69) is 4.98 Å². The molecule has 2 fully saturated rings. The fourth-order valence-corrected chi connectivity index (χ4v) is 2.76. The first kappa shape index (κ1) is 17.0. The van der Waals surface area contributed by atoms with Gasteiger partial charge in [-0.25, -0.2) is 4.98 Å². The molecule has 0 saturated carbocycles. The van der Waals surface area contributed by atoms with Crippen LogP contribution in [0.4, 0.5) is 19.0 Å². The third-order valence-electron chi connectivity index (χ3n) is 4.06. The van der Waals surface area contributed by atoms with Gasteiger partial charge < -0.3 is 19.3 Å². The van der Waals surface area contributed by atoms with E-state index in [1.54, 1.807) is 9.80 Å². The van der Waals surface area contributed by atoms with E-state index in [1.807, 2.05) is 0 Å². The highest BCUT2D eigenvalue weighted by atomic mass is 19.4. The van der Waals surface area contributed by atoms with Crippen LogP contribution >= 0.6 is 0 Å². The molecule has 1 amide bonds. The van der Waals surface area contributed by atoms with Crippen LogP contribution in [0.3, 0.4) is 0 Å². The Labute approximate surface area is 137 Å². The summed E-state index contributed by atoms with van der Waals surface area (Å²) in [5, 5.41) is 0. The lowest BCUT2D eigenvalue weighted by Crippen LogP contribution is -2.53. The van der Waals surface area contributed by atoms with Crippen molar-refractivity contribution in [2.75, 3.05) is 50.9 Å². The summed E-state index contributed by atoms with van der Waals surface area (Å²) in [4.78, 5) is 19.8. The molecule has 24 heavy (non-hydrogen) atoms. The van der Waals surface area contributed by atoms with Crippen LogP contribution in [0.5, 0.6) is 0 Å². The number of aromatic nitrogens is 1. The topological polar surface area (TPSA) is 54.9 Å². The standard InChI is InChI=1S/C15H18F3N3O3/c16-15(17,18)11-1-2-19-13(9-11)21-5-8-24-12(10-21)14(22)20-3-6-23-7-4-20/h1-2,9,12H,3-8,10H2. The largest absolute Gasteiger partial charge is 0.416 e. The van der Waals surface area contributed by atoms with Crippen LogP contribution in [-0.4, -0.2) is 67.9 Å². The molecule has 6 nitrogen and oxygen atoms in total. The second-order valence-electron chi connectivity index (χ2n) is 5.64.